The molecule has 0 aliphatic carbocycles. The molecule has 0 fully saturated rings. The molecule has 2 rings (SSSR count). The van der Waals surface area contributed by atoms with Gasteiger partial charge in [0.1, 0.15) is 5.82 Å². The van der Waals surface area contributed by atoms with Crippen molar-refractivity contribution in [1.82, 2.24) is 0 Å². The highest BCUT2D eigenvalue weighted by Gasteiger charge is 2.16. The number of hydrogen-bond donors (Lipinski definition) is 1. The fraction of sp³-hybridized carbons (Fsp3) is 0.222. The minimum atomic E-state index is -0.942. The van der Waals surface area contributed by atoms with Crippen LogP contribution in [0.3, 0.4) is 0 Å². The van der Waals surface area contributed by atoms with Crippen molar-refractivity contribution >= 4 is 29.2 Å². The number of amides is 1. The SMILES string of the molecule is Cc1cc(C)c(NC(=O)COC(=O)c2cc(Cl)ccc2F)c(C)c1. The van der Waals surface area contributed by atoms with Crippen LogP contribution in [0.1, 0.15) is 27.0 Å². The number of aryl methyl sites for hydroxylation is 3. The van der Waals surface area contributed by atoms with E-state index in [2.05, 4.69) is 5.32 Å². The summed E-state index contributed by atoms with van der Waals surface area (Å²) < 4.78 is 18.4. The van der Waals surface area contributed by atoms with Gasteiger partial charge < -0.3 is 10.1 Å². The molecule has 0 bridgehead atoms. The standard InChI is InChI=1S/C18H17ClFNO3/c1-10-6-11(2)17(12(3)7-10)21-16(22)9-24-18(23)14-8-13(19)4-5-15(14)20/h4-8H,9H2,1-3H3,(H,21,22). The molecule has 0 saturated carbocycles. The van der Waals surface area contributed by atoms with E-state index in [1.54, 1.807) is 0 Å². The molecule has 0 atom stereocenters. The zero-order valence-electron chi connectivity index (χ0n) is 13.6. The summed E-state index contributed by atoms with van der Waals surface area (Å²) in [4.78, 5) is 23.8. The zero-order chi connectivity index (χ0) is 17.9. The first-order valence-electron chi connectivity index (χ1n) is 7.28. The van der Waals surface area contributed by atoms with Gasteiger partial charge in [0, 0.05) is 10.7 Å². The van der Waals surface area contributed by atoms with E-state index in [0.29, 0.717) is 5.69 Å². The smallest absolute Gasteiger partial charge is 0.341 e. The Morgan fingerprint density at radius 3 is 2.38 bits per heavy atom. The van der Waals surface area contributed by atoms with Gasteiger partial charge in [0.2, 0.25) is 0 Å². The van der Waals surface area contributed by atoms with Crippen molar-refractivity contribution in [1.29, 1.82) is 0 Å². The molecule has 1 amide bonds. The average molecular weight is 350 g/mol. The van der Waals surface area contributed by atoms with E-state index in [9.17, 15) is 14.0 Å². The van der Waals surface area contributed by atoms with E-state index in [1.165, 1.54) is 6.07 Å². The summed E-state index contributed by atoms with van der Waals surface area (Å²) in [5, 5.41) is 2.91. The van der Waals surface area contributed by atoms with Crippen LogP contribution in [0.4, 0.5) is 10.1 Å². The van der Waals surface area contributed by atoms with Crippen LogP contribution in [-0.2, 0) is 9.53 Å². The number of halogens is 2. The molecule has 2 aromatic rings. The van der Waals surface area contributed by atoms with Crippen LogP contribution < -0.4 is 5.32 Å². The van der Waals surface area contributed by atoms with Gasteiger partial charge in [0.15, 0.2) is 6.61 Å². The Kier molecular flexibility index (Phi) is 5.57. The lowest BCUT2D eigenvalue weighted by Gasteiger charge is -2.13. The Bertz CT molecular complexity index is 782. The Morgan fingerprint density at radius 2 is 1.75 bits per heavy atom. The van der Waals surface area contributed by atoms with Gasteiger partial charge in [-0.1, -0.05) is 29.3 Å². The molecule has 6 heteroatoms. The van der Waals surface area contributed by atoms with Crippen LogP contribution in [0.15, 0.2) is 30.3 Å². The molecule has 0 aliphatic rings. The second-order valence-corrected chi connectivity index (χ2v) is 5.96. The number of carbonyl (C=O) groups excluding carboxylic acids is 2. The second-order valence-electron chi connectivity index (χ2n) is 5.52. The fourth-order valence-corrected chi connectivity index (χ4v) is 2.59. The largest absolute Gasteiger partial charge is 0.452 e. The van der Waals surface area contributed by atoms with Gasteiger partial charge in [-0.05, 0) is 50.1 Å². The van der Waals surface area contributed by atoms with E-state index >= 15 is 0 Å². The Balaban J connectivity index is 2.01. The van der Waals surface area contributed by atoms with Gasteiger partial charge in [0.05, 0.1) is 5.56 Å². The van der Waals surface area contributed by atoms with Crippen LogP contribution in [-0.4, -0.2) is 18.5 Å². The van der Waals surface area contributed by atoms with Crippen LogP contribution in [0, 0.1) is 26.6 Å². The quantitative estimate of drug-likeness (QED) is 0.842. The van der Waals surface area contributed by atoms with E-state index in [1.807, 2.05) is 32.9 Å². The maximum Gasteiger partial charge on any atom is 0.341 e. The predicted octanol–water partition coefficient (Wildman–Crippen LogP) is 4.20. The summed E-state index contributed by atoms with van der Waals surface area (Å²) in [6, 6.07) is 7.43. The first kappa shape index (κ1) is 17.9. The molecule has 0 heterocycles. The van der Waals surface area contributed by atoms with Gasteiger partial charge in [-0.25, -0.2) is 9.18 Å². The normalized spacial score (nSPS) is 10.4. The molecule has 4 nitrogen and oxygen atoms in total. The second kappa shape index (κ2) is 7.45. The minimum Gasteiger partial charge on any atom is -0.452 e. The predicted molar refractivity (Wildman–Crippen MR) is 91.0 cm³/mol. The number of rotatable bonds is 4. The van der Waals surface area contributed by atoms with Crippen LogP contribution >= 0.6 is 11.6 Å². The fourth-order valence-electron chi connectivity index (χ4n) is 2.42. The Labute approximate surface area is 144 Å². The summed E-state index contributed by atoms with van der Waals surface area (Å²) in [7, 11) is 0. The summed E-state index contributed by atoms with van der Waals surface area (Å²) in [5.74, 6) is -2.20. The van der Waals surface area contributed by atoms with Crippen LogP contribution in [0.2, 0.25) is 5.02 Å². The van der Waals surface area contributed by atoms with Crippen LogP contribution in [0.5, 0.6) is 0 Å². The topological polar surface area (TPSA) is 55.4 Å². The Morgan fingerprint density at radius 1 is 1.12 bits per heavy atom. The van der Waals surface area contributed by atoms with Crippen molar-refractivity contribution in [2.45, 2.75) is 20.8 Å². The maximum atomic E-state index is 13.6. The number of anilines is 1. The van der Waals surface area contributed by atoms with Gasteiger partial charge in [0.25, 0.3) is 5.91 Å². The molecule has 24 heavy (non-hydrogen) atoms. The summed E-state index contributed by atoms with van der Waals surface area (Å²) in [6.07, 6.45) is 0. The third-order valence-corrected chi connectivity index (χ3v) is 3.66. The van der Waals surface area contributed by atoms with E-state index in [-0.39, 0.29) is 10.6 Å². The van der Waals surface area contributed by atoms with Crippen molar-refractivity contribution < 1.29 is 18.7 Å². The third-order valence-electron chi connectivity index (χ3n) is 3.42. The monoisotopic (exact) mass is 349 g/mol. The van der Waals surface area contributed by atoms with Crippen molar-refractivity contribution in [3.8, 4) is 0 Å². The van der Waals surface area contributed by atoms with Crippen molar-refractivity contribution in [2.75, 3.05) is 11.9 Å². The minimum absolute atomic E-state index is 0.207. The third kappa shape index (κ3) is 4.32. The highest BCUT2D eigenvalue weighted by molar-refractivity contribution is 6.30. The van der Waals surface area contributed by atoms with E-state index in [4.69, 9.17) is 16.3 Å². The zero-order valence-corrected chi connectivity index (χ0v) is 14.3. The lowest BCUT2D eigenvalue weighted by molar-refractivity contribution is -0.119. The van der Waals surface area contributed by atoms with E-state index in [0.717, 1.165) is 28.8 Å². The number of carbonyl (C=O) groups is 2. The van der Waals surface area contributed by atoms with Crippen LogP contribution in [0.25, 0.3) is 0 Å². The first-order chi connectivity index (χ1) is 11.3. The molecule has 0 unspecified atom stereocenters. The average Bonchev–Trinajstić information content (AvgIpc) is 2.50. The molecule has 1 N–H and O–H groups in total. The molecule has 126 valence electrons. The maximum absolute atomic E-state index is 13.6. The molecule has 0 spiro atoms. The highest BCUT2D eigenvalue weighted by Crippen LogP contribution is 2.22. The van der Waals surface area contributed by atoms with Crippen molar-refractivity contribution in [3.05, 3.63) is 63.4 Å². The number of esters is 1. The first-order valence-corrected chi connectivity index (χ1v) is 7.65. The number of nitrogens with one attached hydrogen (secondary N) is 1. The molecule has 2 aromatic carbocycles. The highest BCUT2D eigenvalue weighted by atomic mass is 35.5. The molecular weight excluding hydrogens is 333 g/mol. The molecule has 0 aliphatic heterocycles. The summed E-state index contributed by atoms with van der Waals surface area (Å²) in [5.41, 5.74) is 3.28. The summed E-state index contributed by atoms with van der Waals surface area (Å²) in [6.45, 7) is 5.20. The van der Waals surface area contributed by atoms with Crippen molar-refractivity contribution in [2.24, 2.45) is 0 Å². The van der Waals surface area contributed by atoms with Gasteiger partial charge in [-0.3, -0.25) is 4.79 Å². The molecule has 0 aromatic heterocycles. The molecular formula is C18H17ClFNO3. The molecule has 0 radical (unpaired) electrons. The lowest BCUT2D eigenvalue weighted by Crippen LogP contribution is -2.22. The number of benzene rings is 2. The van der Waals surface area contributed by atoms with Gasteiger partial charge in [-0.15, -0.1) is 0 Å². The van der Waals surface area contributed by atoms with Gasteiger partial charge >= 0.3 is 5.97 Å². The lowest BCUT2D eigenvalue weighted by atomic mass is 10.1. The van der Waals surface area contributed by atoms with Crippen molar-refractivity contribution in [3.63, 3.8) is 0 Å². The number of hydrogen-bond acceptors (Lipinski definition) is 3. The summed E-state index contributed by atoms with van der Waals surface area (Å²) >= 11 is 5.72. The van der Waals surface area contributed by atoms with Gasteiger partial charge in [-0.2, -0.15) is 0 Å². The number of ether oxygens (including phenoxy) is 1. The van der Waals surface area contributed by atoms with E-state index < -0.39 is 24.3 Å². The molecule has 0 saturated heterocycles. The Hall–Kier alpha value is -2.40.